The van der Waals surface area contributed by atoms with Gasteiger partial charge in [-0.3, -0.25) is 9.59 Å². The van der Waals surface area contributed by atoms with Crippen molar-refractivity contribution < 1.29 is 9.59 Å². The van der Waals surface area contributed by atoms with E-state index in [9.17, 15) is 9.59 Å². The molecule has 5 rings (SSSR count). The molecule has 4 aromatic rings. The monoisotopic (exact) mass is 467 g/mol. The molecule has 3 heterocycles. The lowest BCUT2D eigenvalue weighted by atomic mass is 9.95. The molecule has 2 aromatic heterocycles. The van der Waals surface area contributed by atoms with Gasteiger partial charge < -0.3 is 14.4 Å². The van der Waals surface area contributed by atoms with E-state index in [-0.39, 0.29) is 17.7 Å². The van der Waals surface area contributed by atoms with E-state index in [1.165, 1.54) is 0 Å². The van der Waals surface area contributed by atoms with Crippen LogP contribution in [0.15, 0.2) is 91.4 Å². The first kappa shape index (κ1) is 22.7. The van der Waals surface area contributed by atoms with Crippen LogP contribution in [0, 0.1) is 5.92 Å². The van der Waals surface area contributed by atoms with E-state index >= 15 is 0 Å². The molecule has 2 aromatic carbocycles. The Hall–Kier alpha value is -4.13. The highest BCUT2D eigenvalue weighted by Crippen LogP contribution is 2.25. The highest BCUT2D eigenvalue weighted by molar-refractivity contribution is 5.97. The number of carbonyl (C=O) groups is 2. The second-order valence-corrected chi connectivity index (χ2v) is 8.97. The van der Waals surface area contributed by atoms with E-state index in [4.69, 9.17) is 0 Å². The maximum Gasteiger partial charge on any atom is 0.259 e. The number of benzene rings is 2. The smallest absolute Gasteiger partial charge is 0.259 e. The van der Waals surface area contributed by atoms with Crippen molar-refractivity contribution in [2.45, 2.75) is 19.4 Å². The summed E-state index contributed by atoms with van der Waals surface area (Å²) in [5, 5.41) is 4.55. The summed E-state index contributed by atoms with van der Waals surface area (Å²) in [7, 11) is 1.86. The van der Waals surface area contributed by atoms with Gasteiger partial charge in [-0.05, 0) is 42.7 Å². The number of nitrogens with zero attached hydrogens (tertiary/aromatic N) is 5. The van der Waals surface area contributed by atoms with Gasteiger partial charge in [0, 0.05) is 45.0 Å². The molecule has 1 aliphatic heterocycles. The predicted molar refractivity (Wildman–Crippen MR) is 134 cm³/mol. The molecule has 178 valence electrons. The van der Waals surface area contributed by atoms with Crippen molar-refractivity contribution in [3.63, 3.8) is 0 Å². The second-order valence-electron chi connectivity index (χ2n) is 8.97. The molecule has 0 unspecified atom stereocenters. The number of carbonyl (C=O) groups excluding carboxylic acids is 2. The van der Waals surface area contributed by atoms with Gasteiger partial charge in [-0.15, -0.1) is 0 Å². The third-order valence-electron chi connectivity index (χ3n) is 6.59. The summed E-state index contributed by atoms with van der Waals surface area (Å²) in [4.78, 5) is 30.2. The van der Waals surface area contributed by atoms with Crippen LogP contribution < -0.4 is 0 Å². The average molecular weight is 468 g/mol. The van der Waals surface area contributed by atoms with Crippen LogP contribution in [0.5, 0.6) is 0 Å². The molecule has 0 atom stereocenters. The number of hydrogen-bond acceptors (Lipinski definition) is 3. The minimum absolute atomic E-state index is 0.0561. The van der Waals surface area contributed by atoms with Crippen molar-refractivity contribution in [3.8, 4) is 11.5 Å². The molecule has 0 aliphatic carbocycles. The summed E-state index contributed by atoms with van der Waals surface area (Å²) in [6.07, 6.45) is 6.81. The topological polar surface area (TPSA) is 63.4 Å². The number of amides is 2. The largest absolute Gasteiger partial charge is 0.341 e. The number of likely N-dealkylation sites (tertiary alicyclic amines) is 1. The number of rotatable bonds is 6. The lowest BCUT2D eigenvalue weighted by Crippen LogP contribution is -2.43. The summed E-state index contributed by atoms with van der Waals surface area (Å²) in [5.41, 5.74) is 2.56. The Labute approximate surface area is 205 Å². The van der Waals surface area contributed by atoms with E-state index in [1.807, 2.05) is 102 Å². The first-order chi connectivity index (χ1) is 17.1. The number of hydrogen-bond donors (Lipinski definition) is 0. The Morgan fingerprint density at radius 2 is 1.54 bits per heavy atom. The molecule has 2 amide bonds. The second kappa shape index (κ2) is 10.0. The minimum atomic E-state index is -0.0660. The lowest BCUT2D eigenvalue weighted by molar-refractivity contribution is -0.136. The van der Waals surface area contributed by atoms with Gasteiger partial charge in [0.1, 0.15) is 5.56 Å². The Kier molecular flexibility index (Phi) is 6.48. The van der Waals surface area contributed by atoms with Crippen LogP contribution in [-0.2, 0) is 11.3 Å². The van der Waals surface area contributed by atoms with Gasteiger partial charge in [0.25, 0.3) is 5.91 Å². The van der Waals surface area contributed by atoms with E-state index in [0.29, 0.717) is 43.9 Å². The van der Waals surface area contributed by atoms with Crippen LogP contribution in [0.1, 0.15) is 28.8 Å². The Morgan fingerprint density at radius 1 is 0.914 bits per heavy atom. The minimum Gasteiger partial charge on any atom is -0.341 e. The van der Waals surface area contributed by atoms with E-state index in [0.717, 1.165) is 11.3 Å². The van der Waals surface area contributed by atoms with E-state index in [1.54, 1.807) is 15.8 Å². The fourth-order valence-corrected chi connectivity index (χ4v) is 4.72. The molecule has 0 radical (unpaired) electrons. The molecule has 0 spiro atoms. The summed E-state index contributed by atoms with van der Waals surface area (Å²) in [6, 6.07) is 23.7. The number of para-hydroxylation sites is 1. The van der Waals surface area contributed by atoms with Gasteiger partial charge in [-0.25, -0.2) is 4.68 Å². The van der Waals surface area contributed by atoms with Crippen LogP contribution in [0.4, 0.5) is 0 Å². The zero-order valence-electron chi connectivity index (χ0n) is 19.8. The van der Waals surface area contributed by atoms with Gasteiger partial charge in [-0.2, -0.15) is 5.10 Å². The number of piperidine rings is 1. The Balaban J connectivity index is 1.29. The van der Waals surface area contributed by atoms with Crippen LogP contribution in [0.3, 0.4) is 0 Å². The normalized spacial score (nSPS) is 14.1. The van der Waals surface area contributed by atoms with Gasteiger partial charge >= 0.3 is 0 Å². The third kappa shape index (κ3) is 4.75. The van der Waals surface area contributed by atoms with Crippen LogP contribution >= 0.6 is 0 Å². The summed E-state index contributed by atoms with van der Waals surface area (Å²) in [5.74, 6) is 0.737. The van der Waals surface area contributed by atoms with Gasteiger partial charge in [0.2, 0.25) is 5.91 Å². The molecular weight excluding hydrogens is 438 g/mol. The van der Waals surface area contributed by atoms with Crippen molar-refractivity contribution in [1.82, 2.24) is 24.1 Å². The Morgan fingerprint density at radius 3 is 2.20 bits per heavy atom. The van der Waals surface area contributed by atoms with E-state index < -0.39 is 0 Å². The first-order valence-corrected chi connectivity index (χ1v) is 12.0. The summed E-state index contributed by atoms with van der Waals surface area (Å²) in [6.45, 7) is 1.70. The average Bonchev–Trinajstić information content (AvgIpc) is 3.59. The maximum atomic E-state index is 13.6. The third-order valence-corrected chi connectivity index (χ3v) is 6.59. The van der Waals surface area contributed by atoms with Crippen LogP contribution in [0.25, 0.3) is 11.5 Å². The standard InChI is InChI=1S/C28H29N5O2/c1-30(21-22-10-4-2-5-11-22)27(34)23-14-18-32(19-15-23)28(35)25-20-29-33(24-12-6-3-7-13-24)26(25)31-16-8-9-17-31/h2-13,16-17,20,23H,14-15,18-19,21H2,1H3. The molecule has 1 fully saturated rings. The molecule has 0 N–H and O–H groups in total. The Bertz CT molecular complexity index is 1270. The molecular formula is C28H29N5O2. The van der Waals surface area contributed by atoms with Crippen molar-refractivity contribution in [1.29, 1.82) is 0 Å². The molecule has 35 heavy (non-hydrogen) atoms. The van der Waals surface area contributed by atoms with Crippen molar-refractivity contribution >= 4 is 11.8 Å². The maximum absolute atomic E-state index is 13.6. The molecule has 1 aliphatic rings. The fourth-order valence-electron chi connectivity index (χ4n) is 4.72. The predicted octanol–water partition coefficient (Wildman–Crippen LogP) is 4.17. The first-order valence-electron chi connectivity index (χ1n) is 12.0. The SMILES string of the molecule is CN(Cc1ccccc1)C(=O)C1CCN(C(=O)c2cnn(-c3ccccc3)c2-n2cccc2)CC1. The molecule has 1 saturated heterocycles. The van der Waals surface area contributed by atoms with Gasteiger partial charge in [0.15, 0.2) is 5.82 Å². The zero-order chi connectivity index (χ0) is 24.2. The van der Waals surface area contributed by atoms with Crippen molar-refractivity contribution in [3.05, 3.63) is 103 Å². The highest BCUT2D eigenvalue weighted by atomic mass is 16.2. The molecule has 7 heteroatoms. The zero-order valence-corrected chi connectivity index (χ0v) is 19.8. The number of aromatic nitrogens is 3. The highest BCUT2D eigenvalue weighted by Gasteiger charge is 2.31. The summed E-state index contributed by atoms with van der Waals surface area (Å²) < 4.78 is 3.71. The fraction of sp³-hybridized carbons (Fsp3) is 0.250. The van der Waals surface area contributed by atoms with Crippen LogP contribution in [0.2, 0.25) is 0 Å². The molecule has 0 bridgehead atoms. The van der Waals surface area contributed by atoms with Crippen molar-refractivity contribution in [2.24, 2.45) is 5.92 Å². The van der Waals surface area contributed by atoms with Gasteiger partial charge in [-0.1, -0.05) is 48.5 Å². The molecule has 0 saturated carbocycles. The van der Waals surface area contributed by atoms with E-state index in [2.05, 4.69) is 5.10 Å². The van der Waals surface area contributed by atoms with Crippen molar-refractivity contribution in [2.75, 3.05) is 20.1 Å². The summed E-state index contributed by atoms with van der Waals surface area (Å²) >= 11 is 0. The lowest BCUT2D eigenvalue weighted by Gasteiger charge is -2.33. The molecule has 7 nitrogen and oxygen atoms in total. The van der Waals surface area contributed by atoms with Crippen LogP contribution in [-0.4, -0.2) is 56.1 Å². The van der Waals surface area contributed by atoms with Gasteiger partial charge in [0.05, 0.1) is 11.9 Å². The quantitative estimate of drug-likeness (QED) is 0.428.